The number of aromatic nitrogens is 2. The summed E-state index contributed by atoms with van der Waals surface area (Å²) < 4.78 is 0. The Morgan fingerprint density at radius 2 is 1.84 bits per heavy atom. The molecule has 1 fully saturated rings. The van der Waals surface area contributed by atoms with E-state index in [-0.39, 0.29) is 28.7 Å². The Hall–Kier alpha value is -1.69. The number of rotatable bonds is 3. The summed E-state index contributed by atoms with van der Waals surface area (Å²) >= 11 is 0. The molecule has 0 atom stereocenters. The van der Waals surface area contributed by atoms with Crippen molar-refractivity contribution in [3.8, 4) is 0 Å². The molecule has 4 N–H and O–H groups in total. The van der Waals surface area contributed by atoms with Crippen molar-refractivity contribution in [2.24, 2.45) is 16.7 Å². The number of amides is 1. The Labute approximate surface area is 113 Å². The molecule has 6 nitrogen and oxygen atoms in total. The molecule has 104 valence electrons. The summed E-state index contributed by atoms with van der Waals surface area (Å²) in [5, 5.41) is 3.03. The average Bonchev–Trinajstić information content (AvgIpc) is 2.70. The van der Waals surface area contributed by atoms with E-state index in [1.165, 1.54) is 0 Å². The van der Waals surface area contributed by atoms with Crippen molar-refractivity contribution >= 4 is 11.9 Å². The maximum atomic E-state index is 12.2. The van der Waals surface area contributed by atoms with Crippen molar-refractivity contribution in [1.29, 1.82) is 0 Å². The van der Waals surface area contributed by atoms with Gasteiger partial charge in [-0.1, -0.05) is 27.7 Å². The van der Waals surface area contributed by atoms with Crippen LogP contribution in [0.5, 0.6) is 0 Å². The first-order chi connectivity index (χ1) is 8.70. The van der Waals surface area contributed by atoms with E-state index in [9.17, 15) is 4.79 Å². The molecule has 0 aliphatic heterocycles. The molecule has 0 spiro atoms. The van der Waals surface area contributed by atoms with Gasteiger partial charge in [0, 0.05) is 11.7 Å². The third kappa shape index (κ3) is 2.16. The highest BCUT2D eigenvalue weighted by Gasteiger charge is 2.65. The normalized spacial score (nSPS) is 19.9. The van der Waals surface area contributed by atoms with Gasteiger partial charge in [0.05, 0.1) is 0 Å². The molecule has 2 rings (SSSR count). The highest BCUT2D eigenvalue weighted by atomic mass is 16.2. The minimum Gasteiger partial charge on any atom is -0.347 e. The van der Waals surface area contributed by atoms with Crippen LogP contribution in [0.4, 0.5) is 5.95 Å². The van der Waals surface area contributed by atoms with Crippen molar-refractivity contribution < 1.29 is 4.79 Å². The van der Waals surface area contributed by atoms with E-state index in [2.05, 4.69) is 48.4 Å². The maximum absolute atomic E-state index is 12.2. The second-order valence-electron chi connectivity index (χ2n) is 6.21. The summed E-state index contributed by atoms with van der Waals surface area (Å²) in [5.41, 5.74) is 3.59. The second kappa shape index (κ2) is 4.16. The van der Waals surface area contributed by atoms with E-state index in [1.807, 2.05) is 0 Å². The zero-order chi connectivity index (χ0) is 14.4. The SMILES string of the molecule is Cc1cc(C(=O)NC2C(C)(C)C2(C)C)nc(NN)n1. The molecule has 1 amide bonds. The number of nitrogen functional groups attached to an aromatic ring is 1. The van der Waals surface area contributed by atoms with Gasteiger partial charge in [0.2, 0.25) is 5.95 Å². The van der Waals surface area contributed by atoms with Gasteiger partial charge in [-0.05, 0) is 23.8 Å². The fourth-order valence-electron chi connectivity index (χ4n) is 2.51. The van der Waals surface area contributed by atoms with Gasteiger partial charge in [0.15, 0.2) is 0 Å². The van der Waals surface area contributed by atoms with Crippen LogP contribution in [0.25, 0.3) is 0 Å². The number of nitrogens with two attached hydrogens (primary N) is 1. The number of nitrogens with zero attached hydrogens (tertiary/aromatic N) is 2. The molecule has 1 saturated carbocycles. The topological polar surface area (TPSA) is 92.9 Å². The van der Waals surface area contributed by atoms with E-state index in [4.69, 9.17) is 5.84 Å². The van der Waals surface area contributed by atoms with Gasteiger partial charge < -0.3 is 5.32 Å². The summed E-state index contributed by atoms with van der Waals surface area (Å²) in [6, 6.07) is 1.80. The third-order valence-electron chi connectivity index (χ3n) is 4.51. The molecule has 0 radical (unpaired) electrons. The lowest BCUT2D eigenvalue weighted by atomic mass is 10.0. The predicted octanol–water partition coefficient (Wildman–Crippen LogP) is 1.24. The van der Waals surface area contributed by atoms with Gasteiger partial charge in [0.1, 0.15) is 5.69 Å². The summed E-state index contributed by atoms with van der Waals surface area (Å²) in [6.45, 7) is 10.4. The number of carbonyl (C=O) groups is 1. The quantitative estimate of drug-likeness (QED) is 0.563. The molecule has 0 bridgehead atoms. The number of hydrogen-bond donors (Lipinski definition) is 3. The van der Waals surface area contributed by atoms with Gasteiger partial charge in [-0.3, -0.25) is 10.2 Å². The molecule has 1 heterocycles. The molecule has 0 aromatic carbocycles. The van der Waals surface area contributed by atoms with Gasteiger partial charge in [-0.2, -0.15) is 0 Å². The van der Waals surface area contributed by atoms with Crippen molar-refractivity contribution in [2.75, 3.05) is 5.43 Å². The monoisotopic (exact) mass is 263 g/mol. The van der Waals surface area contributed by atoms with Gasteiger partial charge >= 0.3 is 0 Å². The molecular weight excluding hydrogens is 242 g/mol. The van der Waals surface area contributed by atoms with Crippen LogP contribution < -0.4 is 16.6 Å². The minimum atomic E-state index is -0.189. The van der Waals surface area contributed by atoms with E-state index in [0.717, 1.165) is 0 Å². The Kier molecular flexibility index (Phi) is 3.01. The third-order valence-corrected chi connectivity index (χ3v) is 4.51. The van der Waals surface area contributed by atoms with E-state index >= 15 is 0 Å². The van der Waals surface area contributed by atoms with Gasteiger partial charge in [-0.25, -0.2) is 15.8 Å². The molecule has 1 aromatic heterocycles. The van der Waals surface area contributed by atoms with Crippen LogP contribution in [-0.4, -0.2) is 21.9 Å². The highest BCUT2D eigenvalue weighted by molar-refractivity contribution is 5.93. The highest BCUT2D eigenvalue weighted by Crippen LogP contribution is 2.62. The average molecular weight is 263 g/mol. The molecule has 1 aromatic rings. The van der Waals surface area contributed by atoms with Crippen molar-refractivity contribution in [3.05, 3.63) is 17.5 Å². The lowest BCUT2D eigenvalue weighted by Gasteiger charge is -2.08. The number of hydrogen-bond acceptors (Lipinski definition) is 5. The number of carbonyl (C=O) groups excluding carboxylic acids is 1. The molecular formula is C13H21N5O. The molecule has 0 unspecified atom stereocenters. The first-order valence-electron chi connectivity index (χ1n) is 6.33. The van der Waals surface area contributed by atoms with Crippen molar-refractivity contribution in [3.63, 3.8) is 0 Å². The molecule has 19 heavy (non-hydrogen) atoms. The van der Waals surface area contributed by atoms with Gasteiger partial charge in [-0.15, -0.1) is 0 Å². The summed E-state index contributed by atoms with van der Waals surface area (Å²) in [6.07, 6.45) is 0. The van der Waals surface area contributed by atoms with Crippen LogP contribution in [0, 0.1) is 17.8 Å². The van der Waals surface area contributed by atoms with E-state index < -0.39 is 0 Å². The largest absolute Gasteiger partial charge is 0.347 e. The Bertz CT molecular complexity index is 510. The van der Waals surface area contributed by atoms with Crippen LogP contribution in [0.2, 0.25) is 0 Å². The Balaban J connectivity index is 2.16. The van der Waals surface area contributed by atoms with Gasteiger partial charge in [0.25, 0.3) is 5.91 Å². The van der Waals surface area contributed by atoms with Crippen molar-refractivity contribution in [1.82, 2.24) is 15.3 Å². The van der Waals surface area contributed by atoms with Crippen LogP contribution >= 0.6 is 0 Å². The zero-order valence-electron chi connectivity index (χ0n) is 12.0. The standard InChI is InChI=1S/C13H21N5O/c1-7-6-8(16-11(15-7)18-14)9(19)17-10-12(2,3)13(10,4)5/h6,10H,14H2,1-5H3,(H,17,19)(H,15,16,18). The molecule has 1 aliphatic rings. The minimum absolute atomic E-state index is 0.0969. The summed E-state index contributed by atoms with van der Waals surface area (Å²) in [5.74, 6) is 5.34. The van der Waals surface area contributed by atoms with Crippen molar-refractivity contribution in [2.45, 2.75) is 40.7 Å². The number of aryl methyl sites for hydroxylation is 1. The van der Waals surface area contributed by atoms with Crippen LogP contribution in [0.1, 0.15) is 43.9 Å². The number of nitrogens with one attached hydrogen (secondary N) is 2. The van der Waals surface area contributed by atoms with Crippen LogP contribution in [0.3, 0.4) is 0 Å². The summed E-state index contributed by atoms with van der Waals surface area (Å²) in [4.78, 5) is 20.3. The first kappa shape index (κ1) is 13.7. The maximum Gasteiger partial charge on any atom is 0.270 e. The van der Waals surface area contributed by atoms with E-state index in [0.29, 0.717) is 11.4 Å². The lowest BCUT2D eigenvalue weighted by Crippen LogP contribution is -2.31. The molecule has 1 aliphatic carbocycles. The predicted molar refractivity (Wildman–Crippen MR) is 73.4 cm³/mol. The molecule has 6 heteroatoms. The first-order valence-corrected chi connectivity index (χ1v) is 6.33. The lowest BCUT2D eigenvalue weighted by molar-refractivity contribution is 0.0938. The smallest absolute Gasteiger partial charge is 0.270 e. The molecule has 0 saturated heterocycles. The number of anilines is 1. The Morgan fingerprint density at radius 1 is 1.26 bits per heavy atom. The van der Waals surface area contributed by atoms with E-state index in [1.54, 1.807) is 13.0 Å². The zero-order valence-corrected chi connectivity index (χ0v) is 12.0. The van der Waals surface area contributed by atoms with Crippen LogP contribution in [-0.2, 0) is 0 Å². The fraction of sp³-hybridized carbons (Fsp3) is 0.615. The summed E-state index contributed by atoms with van der Waals surface area (Å²) in [7, 11) is 0. The Morgan fingerprint density at radius 3 is 2.32 bits per heavy atom. The van der Waals surface area contributed by atoms with Crippen LogP contribution in [0.15, 0.2) is 6.07 Å². The number of hydrazine groups is 1. The fourth-order valence-corrected chi connectivity index (χ4v) is 2.51. The second-order valence-corrected chi connectivity index (χ2v) is 6.21.